The molecule has 1 aliphatic rings. The summed E-state index contributed by atoms with van der Waals surface area (Å²) in [6.07, 6.45) is 2.81. The van der Waals surface area contributed by atoms with Crippen LogP contribution in [0.25, 0.3) is 0 Å². The number of fused-ring (bicyclic) bond motifs is 1. The fourth-order valence-corrected chi connectivity index (χ4v) is 3.40. The molecule has 0 atom stereocenters. The molecule has 2 amide bonds. The molecule has 0 saturated heterocycles. The van der Waals surface area contributed by atoms with Crippen LogP contribution in [-0.2, 0) is 19.5 Å². The molecule has 138 valence electrons. The fourth-order valence-electron chi connectivity index (χ4n) is 3.40. The van der Waals surface area contributed by atoms with Gasteiger partial charge < -0.3 is 14.8 Å². The highest BCUT2D eigenvalue weighted by atomic mass is 16.2. The standard InChI is InChI=1S/C20H26N4O2/c1-3-23(4-2)20(26)18-22-17(16-12-8-9-13-24(16)18)19(25)21-14-15-10-6-5-7-11-15/h5-7,10-11H,3-4,8-9,12-14H2,1-2H3,(H,21,25). The van der Waals surface area contributed by atoms with Crippen LogP contribution in [-0.4, -0.2) is 39.4 Å². The summed E-state index contributed by atoms with van der Waals surface area (Å²) in [5.41, 5.74) is 2.32. The lowest BCUT2D eigenvalue weighted by Crippen LogP contribution is -2.33. The topological polar surface area (TPSA) is 67.2 Å². The van der Waals surface area contributed by atoms with Crippen LogP contribution in [0.2, 0.25) is 0 Å². The van der Waals surface area contributed by atoms with Crippen molar-refractivity contribution in [3.8, 4) is 0 Å². The number of nitrogens with zero attached hydrogens (tertiary/aromatic N) is 3. The van der Waals surface area contributed by atoms with Gasteiger partial charge in [0.2, 0.25) is 0 Å². The molecule has 0 radical (unpaired) electrons. The Morgan fingerprint density at radius 3 is 2.58 bits per heavy atom. The van der Waals surface area contributed by atoms with Crippen LogP contribution in [0.1, 0.15) is 59.1 Å². The predicted molar refractivity (Wildman–Crippen MR) is 100 cm³/mol. The van der Waals surface area contributed by atoms with Crippen LogP contribution < -0.4 is 5.32 Å². The first kappa shape index (κ1) is 18.2. The van der Waals surface area contributed by atoms with E-state index in [1.54, 1.807) is 4.90 Å². The summed E-state index contributed by atoms with van der Waals surface area (Å²) in [7, 11) is 0. The van der Waals surface area contributed by atoms with Gasteiger partial charge >= 0.3 is 0 Å². The van der Waals surface area contributed by atoms with Crippen molar-refractivity contribution in [1.29, 1.82) is 0 Å². The van der Waals surface area contributed by atoms with E-state index in [1.807, 2.05) is 48.7 Å². The van der Waals surface area contributed by atoms with E-state index in [9.17, 15) is 9.59 Å². The molecular weight excluding hydrogens is 328 g/mol. The number of carbonyl (C=O) groups excluding carboxylic acids is 2. The normalized spacial score (nSPS) is 13.2. The fraction of sp³-hybridized carbons (Fsp3) is 0.450. The molecule has 1 aromatic heterocycles. The van der Waals surface area contributed by atoms with Crippen molar-refractivity contribution in [3.05, 3.63) is 53.1 Å². The first-order valence-electron chi connectivity index (χ1n) is 9.36. The summed E-state index contributed by atoms with van der Waals surface area (Å²) in [5.74, 6) is 0.0895. The second-order valence-corrected chi connectivity index (χ2v) is 6.49. The number of rotatable bonds is 6. The smallest absolute Gasteiger partial charge is 0.289 e. The van der Waals surface area contributed by atoms with Crippen molar-refractivity contribution in [2.24, 2.45) is 0 Å². The third-order valence-corrected chi connectivity index (χ3v) is 4.87. The monoisotopic (exact) mass is 354 g/mol. The highest BCUT2D eigenvalue weighted by Crippen LogP contribution is 2.22. The Kier molecular flexibility index (Phi) is 5.71. The van der Waals surface area contributed by atoms with Gasteiger partial charge in [0.05, 0.1) is 5.69 Å². The third kappa shape index (κ3) is 3.64. The predicted octanol–water partition coefficient (Wildman–Crippen LogP) is 2.63. The van der Waals surface area contributed by atoms with E-state index in [1.165, 1.54) is 0 Å². The molecular formula is C20H26N4O2. The van der Waals surface area contributed by atoms with Gasteiger partial charge in [-0.1, -0.05) is 30.3 Å². The van der Waals surface area contributed by atoms with Gasteiger partial charge in [0, 0.05) is 26.2 Å². The Bertz CT molecular complexity index is 779. The average molecular weight is 354 g/mol. The van der Waals surface area contributed by atoms with E-state index < -0.39 is 0 Å². The lowest BCUT2D eigenvalue weighted by molar-refractivity contribution is 0.0754. The van der Waals surface area contributed by atoms with Crippen molar-refractivity contribution >= 4 is 11.8 Å². The number of hydrogen-bond donors (Lipinski definition) is 1. The molecule has 1 N–H and O–H groups in total. The van der Waals surface area contributed by atoms with E-state index >= 15 is 0 Å². The maximum Gasteiger partial charge on any atom is 0.289 e. The molecule has 3 rings (SSSR count). The molecule has 1 aliphatic heterocycles. The minimum Gasteiger partial charge on any atom is -0.347 e. The van der Waals surface area contributed by atoms with E-state index in [0.29, 0.717) is 31.2 Å². The Morgan fingerprint density at radius 2 is 1.88 bits per heavy atom. The summed E-state index contributed by atoms with van der Waals surface area (Å²) >= 11 is 0. The number of aromatic nitrogens is 2. The van der Waals surface area contributed by atoms with Crippen LogP contribution >= 0.6 is 0 Å². The Labute approximate surface area is 154 Å². The second kappa shape index (κ2) is 8.17. The Hall–Kier alpha value is -2.63. The molecule has 0 fully saturated rings. The minimum atomic E-state index is -0.210. The second-order valence-electron chi connectivity index (χ2n) is 6.49. The van der Waals surface area contributed by atoms with Gasteiger partial charge in [-0.2, -0.15) is 0 Å². The van der Waals surface area contributed by atoms with E-state index in [-0.39, 0.29) is 11.8 Å². The highest BCUT2D eigenvalue weighted by Gasteiger charge is 2.28. The zero-order chi connectivity index (χ0) is 18.5. The number of benzene rings is 1. The molecule has 0 saturated carbocycles. The minimum absolute atomic E-state index is 0.0970. The maximum absolute atomic E-state index is 12.8. The van der Waals surface area contributed by atoms with Gasteiger partial charge in [-0.15, -0.1) is 0 Å². The van der Waals surface area contributed by atoms with Crippen LogP contribution in [0.15, 0.2) is 30.3 Å². The molecule has 6 heteroatoms. The van der Waals surface area contributed by atoms with Crippen molar-refractivity contribution < 1.29 is 9.59 Å². The van der Waals surface area contributed by atoms with Crippen LogP contribution in [0.4, 0.5) is 0 Å². The van der Waals surface area contributed by atoms with Gasteiger partial charge in [-0.3, -0.25) is 9.59 Å². The average Bonchev–Trinajstić information content (AvgIpc) is 3.07. The molecule has 2 heterocycles. The van der Waals surface area contributed by atoms with Gasteiger partial charge in [0.25, 0.3) is 11.8 Å². The molecule has 0 bridgehead atoms. The largest absolute Gasteiger partial charge is 0.347 e. The number of hydrogen-bond acceptors (Lipinski definition) is 3. The molecule has 0 unspecified atom stereocenters. The summed E-state index contributed by atoms with van der Waals surface area (Å²) in [6.45, 7) is 6.37. The van der Waals surface area contributed by atoms with Crippen LogP contribution in [0.5, 0.6) is 0 Å². The van der Waals surface area contributed by atoms with Crippen LogP contribution in [0, 0.1) is 0 Å². The molecule has 2 aromatic rings. The number of nitrogens with one attached hydrogen (secondary N) is 1. The maximum atomic E-state index is 12.8. The summed E-state index contributed by atoms with van der Waals surface area (Å²) in [6, 6.07) is 9.78. The Morgan fingerprint density at radius 1 is 1.15 bits per heavy atom. The first-order chi connectivity index (χ1) is 12.7. The molecule has 26 heavy (non-hydrogen) atoms. The number of carbonyl (C=O) groups is 2. The lowest BCUT2D eigenvalue weighted by Gasteiger charge is -2.21. The summed E-state index contributed by atoms with van der Waals surface area (Å²) in [4.78, 5) is 31.8. The zero-order valence-electron chi connectivity index (χ0n) is 15.5. The van der Waals surface area contributed by atoms with E-state index in [2.05, 4.69) is 10.3 Å². The lowest BCUT2D eigenvalue weighted by atomic mass is 10.1. The third-order valence-electron chi connectivity index (χ3n) is 4.87. The summed E-state index contributed by atoms with van der Waals surface area (Å²) < 4.78 is 1.95. The molecule has 1 aromatic carbocycles. The number of amides is 2. The van der Waals surface area contributed by atoms with Crippen molar-refractivity contribution in [3.63, 3.8) is 0 Å². The SMILES string of the molecule is CCN(CC)C(=O)c1nc(C(=O)NCc2ccccc2)c2n1CCCC2. The molecule has 0 aliphatic carbocycles. The van der Waals surface area contributed by atoms with Crippen molar-refractivity contribution in [2.75, 3.05) is 13.1 Å². The Balaban J connectivity index is 1.85. The van der Waals surface area contributed by atoms with E-state index in [0.717, 1.165) is 37.1 Å². The number of imidazole rings is 1. The van der Waals surface area contributed by atoms with Gasteiger partial charge in [-0.05, 0) is 38.7 Å². The van der Waals surface area contributed by atoms with E-state index in [4.69, 9.17) is 0 Å². The first-order valence-corrected chi connectivity index (χ1v) is 9.36. The quantitative estimate of drug-likeness (QED) is 0.867. The van der Waals surface area contributed by atoms with Gasteiger partial charge in [0.15, 0.2) is 5.82 Å². The van der Waals surface area contributed by atoms with Gasteiger partial charge in [-0.25, -0.2) is 4.98 Å². The van der Waals surface area contributed by atoms with Crippen LogP contribution in [0.3, 0.4) is 0 Å². The summed E-state index contributed by atoms with van der Waals surface area (Å²) in [5, 5.41) is 2.94. The van der Waals surface area contributed by atoms with Crippen molar-refractivity contribution in [2.45, 2.75) is 46.2 Å². The zero-order valence-corrected chi connectivity index (χ0v) is 15.5. The van der Waals surface area contributed by atoms with Gasteiger partial charge in [0.1, 0.15) is 5.69 Å². The highest BCUT2D eigenvalue weighted by molar-refractivity contribution is 5.97. The molecule has 6 nitrogen and oxygen atoms in total. The van der Waals surface area contributed by atoms with Crippen molar-refractivity contribution in [1.82, 2.24) is 19.8 Å². The molecule has 0 spiro atoms.